The zero-order chi connectivity index (χ0) is 18.1. The number of carbonyl (C=O) groups excluding carboxylic acids is 1. The molecule has 1 aromatic heterocycles. The number of aromatic nitrogens is 1. The number of rotatable bonds is 3. The first-order valence-corrected chi connectivity index (χ1v) is 7.69. The molecular weight excluding hydrogens is 323 g/mol. The van der Waals surface area contributed by atoms with Gasteiger partial charge in [0.05, 0.1) is 5.39 Å². The molecule has 1 heterocycles. The van der Waals surface area contributed by atoms with E-state index in [1.165, 1.54) is 31.4 Å². The average Bonchev–Trinajstić information content (AvgIpc) is 2.56. The van der Waals surface area contributed by atoms with Gasteiger partial charge in [-0.05, 0) is 55.1 Å². The second-order valence-electron chi connectivity index (χ2n) is 5.82. The molecule has 0 spiro atoms. The number of hydrogen-bond acceptors (Lipinski definition) is 3. The summed E-state index contributed by atoms with van der Waals surface area (Å²) < 4.78 is 14.4. The van der Waals surface area contributed by atoms with Gasteiger partial charge in [0.15, 0.2) is 0 Å². The van der Waals surface area contributed by atoms with E-state index in [1.807, 2.05) is 26.0 Å². The minimum atomic E-state index is -0.522. The summed E-state index contributed by atoms with van der Waals surface area (Å²) in [6.07, 6.45) is 0. The third-order valence-corrected chi connectivity index (χ3v) is 3.98. The summed E-state index contributed by atoms with van der Waals surface area (Å²) in [5.41, 5.74) is 2.07. The Kier molecular flexibility index (Phi) is 4.27. The fourth-order valence-corrected chi connectivity index (χ4v) is 2.75. The van der Waals surface area contributed by atoms with E-state index in [-0.39, 0.29) is 11.1 Å². The minimum Gasteiger partial charge on any atom is -0.413 e. The topological polar surface area (TPSA) is 60.3 Å². The van der Waals surface area contributed by atoms with Crippen LogP contribution in [-0.4, -0.2) is 17.7 Å². The fourth-order valence-electron chi connectivity index (χ4n) is 2.75. The van der Waals surface area contributed by atoms with E-state index >= 15 is 0 Å². The molecule has 0 aliphatic rings. The molecule has 1 N–H and O–H groups in total. The number of carbonyl (C=O) groups is 1. The maximum atomic E-state index is 13.5. The zero-order valence-corrected chi connectivity index (χ0v) is 14.1. The maximum absolute atomic E-state index is 13.5. The van der Waals surface area contributed by atoms with E-state index in [4.69, 9.17) is 4.84 Å². The molecule has 0 unspecified atom stereocenters. The Bertz CT molecular complexity index is 1040. The van der Waals surface area contributed by atoms with Crippen LogP contribution in [0.5, 0.6) is 0 Å². The molecular formula is C19H17FN2O3. The number of halogens is 1. The summed E-state index contributed by atoms with van der Waals surface area (Å²) in [7, 11) is 1.30. The highest BCUT2D eigenvalue weighted by atomic mass is 19.1. The van der Waals surface area contributed by atoms with E-state index in [1.54, 1.807) is 6.07 Å². The van der Waals surface area contributed by atoms with Crippen molar-refractivity contribution in [2.45, 2.75) is 13.8 Å². The van der Waals surface area contributed by atoms with Crippen molar-refractivity contribution in [1.82, 2.24) is 4.73 Å². The van der Waals surface area contributed by atoms with Crippen LogP contribution in [-0.2, 0) is 0 Å². The van der Waals surface area contributed by atoms with Crippen LogP contribution in [0.2, 0.25) is 0 Å². The molecule has 0 saturated heterocycles. The molecule has 3 aromatic rings. The van der Waals surface area contributed by atoms with Gasteiger partial charge in [0.25, 0.3) is 11.5 Å². The zero-order valence-electron chi connectivity index (χ0n) is 14.1. The number of anilines is 1. The molecule has 0 saturated carbocycles. The van der Waals surface area contributed by atoms with Crippen LogP contribution in [0.1, 0.15) is 21.6 Å². The van der Waals surface area contributed by atoms with Crippen LogP contribution in [0.15, 0.2) is 47.3 Å². The lowest BCUT2D eigenvalue weighted by atomic mass is 10.1. The van der Waals surface area contributed by atoms with Gasteiger partial charge in [-0.1, -0.05) is 17.7 Å². The SMILES string of the molecule is COn1c(C(=O)Nc2ccc(C)cc2C)cc2cc(F)ccc2c1=O. The Labute approximate surface area is 143 Å². The van der Waals surface area contributed by atoms with Crippen molar-refractivity contribution in [3.05, 3.63) is 75.5 Å². The predicted molar refractivity (Wildman–Crippen MR) is 94.5 cm³/mol. The first-order valence-electron chi connectivity index (χ1n) is 7.69. The van der Waals surface area contributed by atoms with Crippen LogP contribution in [0, 0.1) is 19.7 Å². The summed E-state index contributed by atoms with van der Waals surface area (Å²) in [5.74, 6) is -1.00. The van der Waals surface area contributed by atoms with E-state index in [9.17, 15) is 14.0 Å². The first-order chi connectivity index (χ1) is 11.9. The van der Waals surface area contributed by atoms with E-state index in [0.29, 0.717) is 11.1 Å². The van der Waals surface area contributed by atoms with Gasteiger partial charge in [-0.3, -0.25) is 9.59 Å². The maximum Gasteiger partial charge on any atom is 0.291 e. The highest BCUT2D eigenvalue weighted by molar-refractivity contribution is 6.05. The smallest absolute Gasteiger partial charge is 0.291 e. The number of nitrogens with one attached hydrogen (secondary N) is 1. The Morgan fingerprint density at radius 3 is 2.56 bits per heavy atom. The summed E-state index contributed by atoms with van der Waals surface area (Å²) in [6.45, 7) is 3.83. The molecule has 0 fully saturated rings. The molecule has 0 aliphatic carbocycles. The highest BCUT2D eigenvalue weighted by Gasteiger charge is 2.17. The van der Waals surface area contributed by atoms with Crippen molar-refractivity contribution < 1.29 is 14.0 Å². The quantitative estimate of drug-likeness (QED) is 0.797. The number of hydrogen-bond donors (Lipinski definition) is 1. The van der Waals surface area contributed by atoms with Crippen molar-refractivity contribution in [2.75, 3.05) is 12.4 Å². The molecule has 0 aliphatic heterocycles. The largest absolute Gasteiger partial charge is 0.413 e. The standard InChI is InChI=1S/C19H17FN2O3/c1-11-4-7-16(12(2)8-11)21-18(23)17-10-13-9-14(20)5-6-15(13)19(24)22(17)25-3/h4-10H,1-3H3,(H,21,23). The summed E-state index contributed by atoms with van der Waals surface area (Å²) in [4.78, 5) is 30.2. The van der Waals surface area contributed by atoms with Crippen molar-refractivity contribution in [3.63, 3.8) is 0 Å². The number of pyridine rings is 1. The van der Waals surface area contributed by atoms with Gasteiger partial charge in [0, 0.05) is 5.69 Å². The molecule has 2 aromatic carbocycles. The molecule has 0 atom stereocenters. The average molecular weight is 340 g/mol. The monoisotopic (exact) mass is 340 g/mol. The Balaban J connectivity index is 2.10. The van der Waals surface area contributed by atoms with Gasteiger partial charge in [-0.25, -0.2) is 4.39 Å². The minimum absolute atomic E-state index is 0.00873. The van der Waals surface area contributed by atoms with Crippen LogP contribution in [0.4, 0.5) is 10.1 Å². The number of nitrogens with zero attached hydrogens (tertiary/aromatic N) is 1. The lowest BCUT2D eigenvalue weighted by Gasteiger charge is -2.14. The fraction of sp³-hybridized carbons (Fsp3) is 0.158. The molecule has 6 heteroatoms. The van der Waals surface area contributed by atoms with E-state index in [2.05, 4.69) is 5.32 Å². The van der Waals surface area contributed by atoms with Gasteiger partial charge in [-0.2, -0.15) is 0 Å². The van der Waals surface area contributed by atoms with Gasteiger partial charge in [0.2, 0.25) is 0 Å². The lowest BCUT2D eigenvalue weighted by Crippen LogP contribution is -2.32. The number of amides is 1. The molecule has 128 valence electrons. The second kappa shape index (κ2) is 6.39. The Morgan fingerprint density at radius 2 is 1.88 bits per heavy atom. The third kappa shape index (κ3) is 3.10. The van der Waals surface area contributed by atoms with Gasteiger partial charge >= 0.3 is 0 Å². The summed E-state index contributed by atoms with van der Waals surface area (Å²) in [5, 5.41) is 3.37. The molecule has 1 amide bonds. The van der Waals surface area contributed by atoms with E-state index in [0.717, 1.165) is 15.9 Å². The van der Waals surface area contributed by atoms with Crippen molar-refractivity contribution in [1.29, 1.82) is 0 Å². The number of benzene rings is 2. The van der Waals surface area contributed by atoms with Crippen molar-refractivity contribution >= 4 is 22.4 Å². The first kappa shape index (κ1) is 16.7. The molecule has 0 radical (unpaired) electrons. The number of aryl methyl sites for hydroxylation is 2. The van der Waals surface area contributed by atoms with Crippen LogP contribution < -0.4 is 15.7 Å². The summed E-state index contributed by atoms with van der Waals surface area (Å²) >= 11 is 0. The molecule has 25 heavy (non-hydrogen) atoms. The second-order valence-corrected chi connectivity index (χ2v) is 5.82. The van der Waals surface area contributed by atoms with Crippen LogP contribution >= 0.6 is 0 Å². The van der Waals surface area contributed by atoms with Gasteiger partial charge < -0.3 is 10.2 Å². The van der Waals surface area contributed by atoms with Crippen LogP contribution in [0.25, 0.3) is 10.8 Å². The molecule has 3 rings (SSSR count). The van der Waals surface area contributed by atoms with Crippen molar-refractivity contribution in [2.24, 2.45) is 0 Å². The molecule has 5 nitrogen and oxygen atoms in total. The van der Waals surface area contributed by atoms with Crippen LogP contribution in [0.3, 0.4) is 0 Å². The summed E-state index contributed by atoms with van der Waals surface area (Å²) in [6, 6.07) is 10.8. The van der Waals surface area contributed by atoms with Gasteiger partial charge in [-0.15, -0.1) is 4.73 Å². The van der Waals surface area contributed by atoms with Crippen molar-refractivity contribution in [3.8, 4) is 0 Å². The molecule has 0 bridgehead atoms. The van der Waals surface area contributed by atoms with E-state index < -0.39 is 17.3 Å². The number of fused-ring (bicyclic) bond motifs is 1. The van der Waals surface area contributed by atoms with Gasteiger partial charge in [0.1, 0.15) is 18.6 Å². The lowest BCUT2D eigenvalue weighted by molar-refractivity contribution is 0.0952. The predicted octanol–water partition coefficient (Wildman–Crippen LogP) is 3.07. The highest BCUT2D eigenvalue weighted by Crippen LogP contribution is 2.18. The Morgan fingerprint density at radius 1 is 1.12 bits per heavy atom. The third-order valence-electron chi connectivity index (χ3n) is 3.98. The Hall–Kier alpha value is -3.15. The normalized spacial score (nSPS) is 10.7.